The molecule has 0 spiro atoms. The molecule has 1 amide bonds. The summed E-state index contributed by atoms with van der Waals surface area (Å²) in [7, 11) is 0. The van der Waals surface area contributed by atoms with Gasteiger partial charge in [-0.1, -0.05) is 42.5 Å². The van der Waals surface area contributed by atoms with Crippen LogP contribution in [0.25, 0.3) is 0 Å². The van der Waals surface area contributed by atoms with Crippen molar-refractivity contribution < 1.29 is 19.1 Å². The van der Waals surface area contributed by atoms with Crippen molar-refractivity contribution in [1.82, 2.24) is 0 Å². The van der Waals surface area contributed by atoms with Crippen LogP contribution >= 0.6 is 11.8 Å². The standard InChI is InChI=1S/C24H20N2O4S/c25-14-15-31-22-9-5-4-8-21(22)26-23(27)17-30-24(28)19-12-10-18(11-13-19)16-29-20-6-2-1-3-7-20/h1-13H,15-17H2,(H,26,27). The quantitative estimate of drug-likeness (QED) is 0.390. The number of nitriles is 1. The molecule has 0 fully saturated rings. The summed E-state index contributed by atoms with van der Waals surface area (Å²) < 4.78 is 10.8. The number of hydrogen-bond acceptors (Lipinski definition) is 6. The number of benzene rings is 3. The van der Waals surface area contributed by atoms with E-state index in [4.69, 9.17) is 14.7 Å². The van der Waals surface area contributed by atoms with E-state index < -0.39 is 18.5 Å². The first kappa shape index (κ1) is 21.9. The predicted molar refractivity (Wildman–Crippen MR) is 119 cm³/mol. The lowest BCUT2D eigenvalue weighted by Crippen LogP contribution is -2.21. The van der Waals surface area contributed by atoms with Crippen molar-refractivity contribution in [1.29, 1.82) is 5.26 Å². The molecule has 1 N–H and O–H groups in total. The number of rotatable bonds is 9. The number of thioether (sulfide) groups is 1. The van der Waals surface area contributed by atoms with E-state index in [-0.39, 0.29) is 5.75 Å². The zero-order valence-corrected chi connectivity index (χ0v) is 17.4. The van der Waals surface area contributed by atoms with Gasteiger partial charge in [-0.05, 0) is 42.0 Å². The molecule has 0 aromatic heterocycles. The van der Waals surface area contributed by atoms with Crippen molar-refractivity contribution >= 4 is 29.3 Å². The highest BCUT2D eigenvalue weighted by Crippen LogP contribution is 2.26. The molecule has 0 saturated carbocycles. The molecular weight excluding hydrogens is 412 g/mol. The van der Waals surface area contributed by atoms with Crippen molar-refractivity contribution in [3.8, 4) is 11.8 Å². The molecule has 0 aliphatic carbocycles. The average Bonchev–Trinajstić information content (AvgIpc) is 2.81. The average molecular weight is 433 g/mol. The molecule has 31 heavy (non-hydrogen) atoms. The Morgan fingerprint density at radius 1 is 0.935 bits per heavy atom. The third-order valence-electron chi connectivity index (χ3n) is 4.13. The Hall–Kier alpha value is -3.76. The van der Waals surface area contributed by atoms with Crippen LogP contribution in [0.3, 0.4) is 0 Å². The number of carbonyl (C=O) groups excluding carboxylic acids is 2. The molecule has 0 radical (unpaired) electrons. The third-order valence-corrected chi connectivity index (χ3v) is 5.07. The van der Waals surface area contributed by atoms with E-state index in [9.17, 15) is 9.59 Å². The summed E-state index contributed by atoms with van der Waals surface area (Å²) in [6.07, 6.45) is 0. The molecule has 6 nitrogen and oxygen atoms in total. The molecule has 7 heteroatoms. The number of nitrogens with one attached hydrogen (secondary N) is 1. The van der Waals surface area contributed by atoms with Gasteiger partial charge in [-0.3, -0.25) is 4.79 Å². The van der Waals surface area contributed by atoms with Crippen LogP contribution in [0.4, 0.5) is 5.69 Å². The number of anilines is 1. The Morgan fingerprint density at radius 2 is 1.65 bits per heavy atom. The summed E-state index contributed by atoms with van der Waals surface area (Å²) in [4.78, 5) is 25.2. The van der Waals surface area contributed by atoms with Gasteiger partial charge in [0, 0.05) is 4.90 Å². The van der Waals surface area contributed by atoms with Crippen LogP contribution in [0, 0.1) is 11.3 Å². The molecular formula is C24H20N2O4S. The number of nitrogens with zero attached hydrogens (tertiary/aromatic N) is 1. The minimum Gasteiger partial charge on any atom is -0.489 e. The summed E-state index contributed by atoms with van der Waals surface area (Å²) in [6.45, 7) is -0.0279. The highest BCUT2D eigenvalue weighted by Gasteiger charge is 2.12. The highest BCUT2D eigenvalue weighted by molar-refractivity contribution is 7.99. The monoisotopic (exact) mass is 432 g/mol. The third kappa shape index (κ3) is 6.91. The fraction of sp³-hybridized carbons (Fsp3) is 0.125. The van der Waals surface area contributed by atoms with Gasteiger partial charge >= 0.3 is 5.97 Å². The van der Waals surface area contributed by atoms with Crippen LogP contribution in [0.1, 0.15) is 15.9 Å². The van der Waals surface area contributed by atoms with Gasteiger partial charge in [0.2, 0.25) is 0 Å². The number of esters is 1. The van der Waals surface area contributed by atoms with Crippen molar-refractivity contribution in [3.05, 3.63) is 90.0 Å². The van der Waals surface area contributed by atoms with Crippen molar-refractivity contribution in [2.24, 2.45) is 0 Å². The molecule has 0 unspecified atom stereocenters. The zero-order valence-electron chi connectivity index (χ0n) is 16.6. The molecule has 0 saturated heterocycles. The second kappa shape index (κ2) is 11.4. The molecule has 156 valence electrons. The molecule has 3 aromatic carbocycles. The van der Waals surface area contributed by atoms with Crippen LogP contribution < -0.4 is 10.1 Å². The van der Waals surface area contributed by atoms with Crippen molar-refractivity contribution in [3.63, 3.8) is 0 Å². The SMILES string of the molecule is N#CCSc1ccccc1NC(=O)COC(=O)c1ccc(COc2ccccc2)cc1. The van der Waals surface area contributed by atoms with Crippen LogP contribution in [-0.2, 0) is 16.1 Å². The number of para-hydroxylation sites is 2. The smallest absolute Gasteiger partial charge is 0.338 e. The van der Waals surface area contributed by atoms with Crippen LogP contribution in [-0.4, -0.2) is 24.2 Å². The molecule has 0 atom stereocenters. The summed E-state index contributed by atoms with van der Waals surface area (Å²) in [6, 6.07) is 25.5. The van der Waals surface area contributed by atoms with Gasteiger partial charge in [0.15, 0.2) is 6.61 Å². The normalized spacial score (nSPS) is 10.0. The zero-order chi connectivity index (χ0) is 21.9. The maximum absolute atomic E-state index is 12.2. The van der Waals surface area contributed by atoms with Crippen LogP contribution in [0.2, 0.25) is 0 Å². The Kier molecular flexibility index (Phi) is 8.09. The fourth-order valence-electron chi connectivity index (χ4n) is 2.63. The molecule has 0 aliphatic rings. The minimum absolute atomic E-state index is 0.272. The van der Waals surface area contributed by atoms with E-state index in [1.54, 1.807) is 36.4 Å². The van der Waals surface area contributed by atoms with Gasteiger partial charge in [-0.2, -0.15) is 5.26 Å². The van der Waals surface area contributed by atoms with Gasteiger partial charge in [-0.25, -0.2) is 4.79 Å². The summed E-state index contributed by atoms with van der Waals surface area (Å²) in [5.41, 5.74) is 1.83. The van der Waals surface area contributed by atoms with Crippen molar-refractivity contribution in [2.75, 3.05) is 17.7 Å². The van der Waals surface area contributed by atoms with Gasteiger partial charge in [0.05, 0.1) is 23.1 Å². The van der Waals surface area contributed by atoms with Gasteiger partial charge in [-0.15, -0.1) is 11.8 Å². The molecule has 0 heterocycles. The number of hydrogen-bond donors (Lipinski definition) is 1. The molecule has 3 aromatic rings. The number of amides is 1. The summed E-state index contributed by atoms with van der Waals surface area (Å²) >= 11 is 1.32. The lowest BCUT2D eigenvalue weighted by atomic mass is 10.1. The molecule has 0 aliphatic heterocycles. The number of ether oxygens (including phenoxy) is 2. The highest BCUT2D eigenvalue weighted by atomic mass is 32.2. The maximum Gasteiger partial charge on any atom is 0.338 e. The van der Waals surface area contributed by atoms with Crippen LogP contribution in [0.5, 0.6) is 5.75 Å². The molecule has 3 rings (SSSR count). The van der Waals surface area contributed by atoms with E-state index in [1.807, 2.05) is 48.5 Å². The van der Waals surface area contributed by atoms with Gasteiger partial charge in [0.25, 0.3) is 5.91 Å². The largest absolute Gasteiger partial charge is 0.489 e. The lowest BCUT2D eigenvalue weighted by molar-refractivity contribution is -0.119. The van der Waals surface area contributed by atoms with E-state index in [1.165, 1.54) is 11.8 Å². The first-order valence-electron chi connectivity index (χ1n) is 9.48. The lowest BCUT2D eigenvalue weighted by Gasteiger charge is -2.10. The van der Waals surface area contributed by atoms with Gasteiger partial charge in [0.1, 0.15) is 12.4 Å². The second-order valence-electron chi connectivity index (χ2n) is 6.37. The van der Waals surface area contributed by atoms with E-state index >= 15 is 0 Å². The van der Waals surface area contributed by atoms with E-state index in [0.717, 1.165) is 16.2 Å². The Morgan fingerprint density at radius 3 is 2.39 bits per heavy atom. The first-order chi connectivity index (χ1) is 15.2. The van der Waals surface area contributed by atoms with Gasteiger partial charge < -0.3 is 14.8 Å². The maximum atomic E-state index is 12.2. The van der Waals surface area contributed by atoms with Crippen molar-refractivity contribution in [2.45, 2.75) is 11.5 Å². The minimum atomic E-state index is -0.585. The fourth-order valence-corrected chi connectivity index (χ4v) is 3.30. The van der Waals surface area contributed by atoms with E-state index in [0.29, 0.717) is 17.9 Å². The summed E-state index contributed by atoms with van der Waals surface area (Å²) in [5, 5.41) is 11.4. The Bertz CT molecular complexity index is 1060. The summed E-state index contributed by atoms with van der Waals surface area (Å²) in [5.74, 6) is 0.00231. The Balaban J connectivity index is 1.48. The Labute approximate surface area is 184 Å². The second-order valence-corrected chi connectivity index (χ2v) is 7.38. The predicted octanol–water partition coefficient (Wildman–Crippen LogP) is 4.68. The van der Waals surface area contributed by atoms with Crippen LogP contribution in [0.15, 0.2) is 83.8 Å². The van der Waals surface area contributed by atoms with E-state index in [2.05, 4.69) is 5.32 Å². The topological polar surface area (TPSA) is 88.4 Å². The first-order valence-corrected chi connectivity index (χ1v) is 10.5. The number of carbonyl (C=O) groups is 2. The molecule has 0 bridgehead atoms.